The molecule has 2 aromatic rings. The van der Waals surface area contributed by atoms with Crippen LogP contribution in [0.4, 0.5) is 5.69 Å². The summed E-state index contributed by atoms with van der Waals surface area (Å²) in [7, 11) is 0. The van der Waals surface area contributed by atoms with Crippen molar-refractivity contribution < 1.29 is 19.3 Å². The van der Waals surface area contributed by atoms with Crippen LogP contribution in [0.3, 0.4) is 0 Å². The van der Waals surface area contributed by atoms with E-state index in [-0.39, 0.29) is 29.6 Å². The number of carbonyl (C=O) groups is 3. The average Bonchev–Trinajstić information content (AvgIpc) is 3.02. The minimum Gasteiger partial charge on any atom is -0.272 e. The van der Waals surface area contributed by atoms with Gasteiger partial charge in [0.2, 0.25) is 0 Å². The number of hydrogen-bond donors (Lipinski definition) is 0. The Morgan fingerprint density at radius 1 is 1.06 bits per heavy atom. The van der Waals surface area contributed by atoms with Crippen molar-refractivity contribution in [3.05, 3.63) is 87.5 Å². The van der Waals surface area contributed by atoms with E-state index in [0.29, 0.717) is 12.8 Å². The second-order valence-corrected chi connectivity index (χ2v) is 7.84. The highest BCUT2D eigenvalue weighted by Crippen LogP contribution is 2.39. The molecule has 2 atom stereocenters. The number of hydrogen-bond acceptors (Lipinski definition) is 5. The van der Waals surface area contributed by atoms with Gasteiger partial charge in [0.05, 0.1) is 23.3 Å². The van der Waals surface area contributed by atoms with Gasteiger partial charge in [-0.15, -0.1) is 0 Å². The highest BCUT2D eigenvalue weighted by atomic mass is 16.6. The molecule has 2 aromatic carbocycles. The van der Waals surface area contributed by atoms with Crippen LogP contribution in [0.1, 0.15) is 35.7 Å². The Balaban J connectivity index is 1.69. The normalized spacial score (nSPS) is 20.3. The smallest absolute Gasteiger partial charge is 0.272 e. The highest BCUT2D eigenvalue weighted by Gasteiger charge is 2.51. The van der Waals surface area contributed by atoms with E-state index < -0.39 is 22.7 Å². The number of nitro groups is 1. The Morgan fingerprint density at radius 3 is 2.35 bits per heavy atom. The number of nitrogens with zero attached hydrogens (tertiary/aromatic N) is 3. The molecule has 2 aliphatic rings. The van der Waals surface area contributed by atoms with Crippen LogP contribution in [0, 0.1) is 22.0 Å². The van der Waals surface area contributed by atoms with E-state index in [1.54, 1.807) is 12.1 Å². The molecule has 0 bridgehead atoms. The quantitative estimate of drug-likeness (QED) is 0.320. The molecule has 4 rings (SSSR count). The summed E-state index contributed by atoms with van der Waals surface area (Å²) < 4.78 is 0. The summed E-state index contributed by atoms with van der Waals surface area (Å²) in [5.74, 6) is -2.28. The van der Waals surface area contributed by atoms with Gasteiger partial charge in [-0.05, 0) is 37.5 Å². The second kappa shape index (κ2) is 8.14. The lowest BCUT2D eigenvalue weighted by molar-refractivity contribution is -0.384. The predicted octanol–water partition coefficient (Wildman–Crippen LogP) is 3.49. The van der Waals surface area contributed by atoms with Gasteiger partial charge in [-0.3, -0.25) is 24.5 Å². The molecular formula is C23H21N3O5. The molecule has 31 heavy (non-hydrogen) atoms. The number of non-ortho nitro benzene ring substituents is 1. The average molecular weight is 419 g/mol. The Bertz CT molecular complexity index is 1080. The Morgan fingerprint density at radius 2 is 1.71 bits per heavy atom. The third-order valence-electron chi connectivity index (χ3n) is 5.78. The van der Waals surface area contributed by atoms with Crippen LogP contribution in [0.15, 0.2) is 66.2 Å². The Hall–Kier alpha value is -3.81. The van der Waals surface area contributed by atoms with Gasteiger partial charge in [0.25, 0.3) is 23.4 Å². The van der Waals surface area contributed by atoms with Crippen molar-refractivity contribution in [2.75, 3.05) is 0 Å². The van der Waals surface area contributed by atoms with Gasteiger partial charge in [-0.2, -0.15) is 5.01 Å². The number of allylic oxidation sites excluding steroid dienone is 2. The van der Waals surface area contributed by atoms with E-state index in [1.165, 1.54) is 24.3 Å². The van der Waals surface area contributed by atoms with Crippen molar-refractivity contribution in [3.8, 4) is 0 Å². The Labute approximate surface area is 178 Å². The molecule has 1 aliphatic heterocycles. The number of rotatable bonds is 5. The number of benzene rings is 2. The minimum absolute atomic E-state index is 0.0278. The number of nitro benzene ring substituents is 1. The van der Waals surface area contributed by atoms with Gasteiger partial charge in [0, 0.05) is 17.7 Å². The number of amides is 3. The highest BCUT2D eigenvalue weighted by molar-refractivity contribution is 6.08. The fourth-order valence-corrected chi connectivity index (χ4v) is 4.12. The molecular weight excluding hydrogens is 398 g/mol. The maximum Gasteiger partial charge on any atom is 0.273 e. The first-order valence-corrected chi connectivity index (χ1v) is 10.0. The summed E-state index contributed by atoms with van der Waals surface area (Å²) >= 11 is 0. The van der Waals surface area contributed by atoms with Crippen LogP contribution >= 0.6 is 0 Å². The van der Waals surface area contributed by atoms with E-state index in [9.17, 15) is 24.5 Å². The zero-order valence-electron chi connectivity index (χ0n) is 16.9. The zero-order chi connectivity index (χ0) is 22.1. The molecule has 8 heteroatoms. The van der Waals surface area contributed by atoms with Crippen molar-refractivity contribution in [2.24, 2.45) is 11.8 Å². The maximum atomic E-state index is 13.4. The van der Waals surface area contributed by atoms with Crippen LogP contribution in [0.2, 0.25) is 0 Å². The largest absolute Gasteiger partial charge is 0.273 e. The SMILES string of the molecule is CC1=CC[C@H]2C(=O)N(N(Cc3ccccc3)C(=O)c3ccc([N+](=O)[O-])cc3)C(=O)[C@H]2C1. The van der Waals surface area contributed by atoms with Crippen LogP contribution < -0.4 is 0 Å². The van der Waals surface area contributed by atoms with Crippen LogP contribution in [-0.4, -0.2) is 32.7 Å². The van der Waals surface area contributed by atoms with E-state index in [4.69, 9.17) is 0 Å². The van der Waals surface area contributed by atoms with Crippen molar-refractivity contribution in [3.63, 3.8) is 0 Å². The summed E-state index contributed by atoms with van der Waals surface area (Å²) in [6.07, 6.45) is 2.94. The van der Waals surface area contributed by atoms with Gasteiger partial charge in [0.1, 0.15) is 0 Å². The third-order valence-corrected chi connectivity index (χ3v) is 5.78. The first-order chi connectivity index (χ1) is 14.9. The number of hydrazine groups is 1. The Kier molecular flexibility index (Phi) is 5.37. The van der Waals surface area contributed by atoms with Gasteiger partial charge in [-0.1, -0.05) is 42.0 Å². The standard InChI is InChI=1S/C23H21N3O5/c1-15-7-12-19-20(13-15)23(29)25(22(19)28)24(14-16-5-3-2-4-6-16)21(27)17-8-10-18(11-9-17)26(30)31/h2-11,19-20H,12-14H2,1H3/t19-,20+/m1/s1. The molecule has 1 aliphatic carbocycles. The first kappa shape index (κ1) is 20.5. The van der Waals surface area contributed by atoms with Crippen molar-refractivity contribution in [2.45, 2.75) is 26.3 Å². The van der Waals surface area contributed by atoms with E-state index in [0.717, 1.165) is 21.2 Å². The fraction of sp³-hybridized carbons (Fsp3) is 0.261. The monoisotopic (exact) mass is 419 g/mol. The molecule has 0 spiro atoms. The molecule has 0 radical (unpaired) electrons. The molecule has 8 nitrogen and oxygen atoms in total. The number of imide groups is 1. The van der Waals surface area contributed by atoms with Crippen molar-refractivity contribution >= 4 is 23.4 Å². The van der Waals surface area contributed by atoms with Gasteiger partial charge in [0.15, 0.2) is 0 Å². The van der Waals surface area contributed by atoms with Crippen LogP contribution in [-0.2, 0) is 16.1 Å². The van der Waals surface area contributed by atoms with E-state index in [2.05, 4.69) is 0 Å². The summed E-state index contributed by atoms with van der Waals surface area (Å²) in [6.45, 7) is 1.96. The molecule has 158 valence electrons. The number of fused-ring (bicyclic) bond motifs is 1. The molecule has 1 saturated heterocycles. The second-order valence-electron chi connectivity index (χ2n) is 7.84. The number of carbonyl (C=O) groups excluding carboxylic acids is 3. The lowest BCUT2D eigenvalue weighted by atomic mass is 9.82. The molecule has 0 aromatic heterocycles. The van der Waals surface area contributed by atoms with Crippen molar-refractivity contribution in [1.82, 2.24) is 10.0 Å². The lowest BCUT2D eigenvalue weighted by Crippen LogP contribution is -2.49. The van der Waals surface area contributed by atoms with Crippen LogP contribution in [0.25, 0.3) is 0 Å². The predicted molar refractivity (Wildman–Crippen MR) is 111 cm³/mol. The summed E-state index contributed by atoms with van der Waals surface area (Å²) in [5, 5.41) is 13.1. The zero-order valence-corrected chi connectivity index (χ0v) is 16.9. The van der Waals surface area contributed by atoms with E-state index >= 15 is 0 Å². The first-order valence-electron chi connectivity index (χ1n) is 10.0. The van der Waals surface area contributed by atoms with Gasteiger partial charge < -0.3 is 0 Å². The molecule has 0 unspecified atom stereocenters. The molecule has 3 amide bonds. The van der Waals surface area contributed by atoms with Crippen molar-refractivity contribution in [1.29, 1.82) is 0 Å². The molecule has 1 heterocycles. The third kappa shape index (κ3) is 3.84. The summed E-state index contributed by atoms with van der Waals surface area (Å²) in [6, 6.07) is 14.2. The lowest BCUT2D eigenvalue weighted by Gasteiger charge is -2.30. The fourth-order valence-electron chi connectivity index (χ4n) is 4.12. The molecule has 0 saturated carbocycles. The van der Waals surface area contributed by atoms with Gasteiger partial charge in [-0.25, -0.2) is 5.01 Å². The summed E-state index contributed by atoms with van der Waals surface area (Å²) in [4.78, 5) is 50.1. The maximum absolute atomic E-state index is 13.4. The van der Waals surface area contributed by atoms with Crippen LogP contribution in [0.5, 0.6) is 0 Å². The molecule has 0 N–H and O–H groups in total. The molecule has 1 fully saturated rings. The topological polar surface area (TPSA) is 101 Å². The summed E-state index contributed by atoms with van der Waals surface area (Å²) in [5.41, 5.74) is 1.82. The van der Waals surface area contributed by atoms with Gasteiger partial charge >= 0.3 is 0 Å². The van der Waals surface area contributed by atoms with E-state index in [1.807, 2.05) is 31.2 Å². The minimum atomic E-state index is -0.566.